The zero-order chi connectivity index (χ0) is 20.1. The molecule has 2 aromatic carbocycles. The molecule has 1 aromatic heterocycles. The molecular formula is C19H16F4N4O. The summed E-state index contributed by atoms with van der Waals surface area (Å²) in [6.07, 6.45) is -3.95. The van der Waals surface area contributed by atoms with E-state index in [1.54, 1.807) is 24.3 Å². The molecule has 0 saturated heterocycles. The van der Waals surface area contributed by atoms with E-state index < -0.39 is 23.4 Å². The lowest BCUT2D eigenvalue weighted by Crippen LogP contribution is -2.12. The van der Waals surface area contributed by atoms with Gasteiger partial charge in [-0.15, -0.1) is 0 Å². The van der Waals surface area contributed by atoms with E-state index >= 15 is 0 Å². The van der Waals surface area contributed by atoms with Crippen molar-refractivity contribution in [2.45, 2.75) is 13.1 Å². The number of ether oxygens (including phenoxy) is 1. The predicted octanol–water partition coefficient (Wildman–Crippen LogP) is 5.52. The van der Waals surface area contributed by atoms with Crippen molar-refractivity contribution in [2.75, 3.05) is 17.2 Å². The van der Waals surface area contributed by atoms with Gasteiger partial charge >= 0.3 is 6.18 Å². The minimum atomic E-state index is -4.64. The Bertz CT molecular complexity index is 928. The number of nitrogens with zero attached hydrogens (tertiary/aromatic N) is 2. The fourth-order valence-corrected chi connectivity index (χ4v) is 2.34. The van der Waals surface area contributed by atoms with E-state index in [0.717, 1.165) is 0 Å². The molecule has 5 nitrogen and oxygen atoms in total. The predicted molar refractivity (Wildman–Crippen MR) is 97.6 cm³/mol. The summed E-state index contributed by atoms with van der Waals surface area (Å²) in [5.74, 6) is -0.300. The molecule has 0 aliphatic carbocycles. The number of hydrogen-bond acceptors (Lipinski definition) is 5. The normalized spacial score (nSPS) is 11.2. The second-order valence-electron chi connectivity index (χ2n) is 5.67. The summed E-state index contributed by atoms with van der Waals surface area (Å²) in [6.45, 7) is 2.31. The number of benzene rings is 2. The van der Waals surface area contributed by atoms with Gasteiger partial charge in [-0.3, -0.25) is 0 Å². The molecular weight excluding hydrogens is 376 g/mol. The highest BCUT2D eigenvalue weighted by atomic mass is 19.4. The third-order valence-electron chi connectivity index (χ3n) is 3.62. The standard InChI is InChI=1S/C19H16F4N4O/c1-2-28-15-9-7-13(8-10-15)25-17-16(19(21,22)23)11-24-18(27-17)26-14-5-3-12(20)4-6-14/h3-11H,2H2,1H3,(H2,24,25,26,27). The second-order valence-corrected chi connectivity index (χ2v) is 5.67. The molecule has 0 unspecified atom stereocenters. The molecule has 28 heavy (non-hydrogen) atoms. The molecule has 3 rings (SSSR count). The third kappa shape index (κ3) is 4.87. The van der Waals surface area contributed by atoms with Crippen LogP contribution in [-0.4, -0.2) is 16.6 Å². The van der Waals surface area contributed by atoms with Crippen LogP contribution in [0.15, 0.2) is 54.7 Å². The van der Waals surface area contributed by atoms with Crippen LogP contribution in [0.25, 0.3) is 0 Å². The fourth-order valence-electron chi connectivity index (χ4n) is 2.34. The highest BCUT2D eigenvalue weighted by molar-refractivity contribution is 5.63. The van der Waals surface area contributed by atoms with E-state index in [1.807, 2.05) is 6.92 Å². The van der Waals surface area contributed by atoms with Crippen molar-refractivity contribution in [1.82, 2.24) is 9.97 Å². The van der Waals surface area contributed by atoms with Gasteiger partial charge in [-0.1, -0.05) is 0 Å². The first-order valence-electron chi connectivity index (χ1n) is 8.32. The molecule has 146 valence electrons. The molecule has 0 saturated carbocycles. The third-order valence-corrected chi connectivity index (χ3v) is 3.62. The lowest BCUT2D eigenvalue weighted by molar-refractivity contribution is -0.137. The molecule has 0 atom stereocenters. The van der Waals surface area contributed by atoms with Gasteiger partial charge in [0.1, 0.15) is 22.9 Å². The molecule has 1 heterocycles. The topological polar surface area (TPSA) is 59.1 Å². The highest BCUT2D eigenvalue weighted by Crippen LogP contribution is 2.35. The second kappa shape index (κ2) is 8.12. The van der Waals surface area contributed by atoms with Gasteiger partial charge in [-0.05, 0) is 55.5 Å². The van der Waals surface area contributed by atoms with Crippen LogP contribution in [0.5, 0.6) is 5.75 Å². The van der Waals surface area contributed by atoms with E-state index in [9.17, 15) is 17.6 Å². The van der Waals surface area contributed by atoms with E-state index in [2.05, 4.69) is 20.6 Å². The van der Waals surface area contributed by atoms with E-state index in [0.29, 0.717) is 29.9 Å². The SMILES string of the molecule is CCOc1ccc(Nc2nc(Nc3ccc(F)cc3)ncc2C(F)(F)F)cc1. The molecule has 0 aliphatic heterocycles. The van der Waals surface area contributed by atoms with Gasteiger partial charge in [0.15, 0.2) is 0 Å². The Hall–Kier alpha value is -3.36. The van der Waals surface area contributed by atoms with E-state index in [4.69, 9.17) is 4.74 Å². The first kappa shape index (κ1) is 19.4. The summed E-state index contributed by atoms with van der Waals surface area (Å²) >= 11 is 0. The van der Waals surface area contributed by atoms with Crippen molar-refractivity contribution < 1.29 is 22.3 Å². The Morgan fingerprint density at radius 3 is 2.14 bits per heavy atom. The van der Waals surface area contributed by atoms with Crippen LogP contribution >= 0.6 is 0 Å². The average molecular weight is 392 g/mol. The van der Waals surface area contributed by atoms with Crippen molar-refractivity contribution in [3.8, 4) is 5.75 Å². The van der Waals surface area contributed by atoms with Gasteiger partial charge < -0.3 is 15.4 Å². The number of halogens is 4. The van der Waals surface area contributed by atoms with Gasteiger partial charge in [0.25, 0.3) is 0 Å². The molecule has 2 N–H and O–H groups in total. The molecule has 0 radical (unpaired) electrons. The Morgan fingerprint density at radius 2 is 1.54 bits per heavy atom. The first-order chi connectivity index (χ1) is 13.3. The smallest absolute Gasteiger partial charge is 0.421 e. The van der Waals surface area contributed by atoms with Crippen LogP contribution in [-0.2, 0) is 6.18 Å². The van der Waals surface area contributed by atoms with E-state index in [-0.39, 0.29) is 5.95 Å². The molecule has 0 aliphatic rings. The largest absolute Gasteiger partial charge is 0.494 e. The zero-order valence-corrected chi connectivity index (χ0v) is 14.7. The molecule has 0 bridgehead atoms. The molecule has 9 heteroatoms. The van der Waals surface area contributed by atoms with Crippen LogP contribution in [0.4, 0.5) is 40.7 Å². The lowest BCUT2D eigenvalue weighted by Gasteiger charge is -2.15. The van der Waals surface area contributed by atoms with Gasteiger partial charge in [0.2, 0.25) is 5.95 Å². The number of aromatic nitrogens is 2. The van der Waals surface area contributed by atoms with Crippen LogP contribution in [0.2, 0.25) is 0 Å². The molecule has 0 fully saturated rings. The molecule has 3 aromatic rings. The van der Waals surface area contributed by atoms with Crippen molar-refractivity contribution in [3.63, 3.8) is 0 Å². The lowest BCUT2D eigenvalue weighted by atomic mass is 10.2. The summed E-state index contributed by atoms with van der Waals surface area (Å²) in [5.41, 5.74) is -0.167. The number of hydrogen-bond donors (Lipinski definition) is 2. The Kier molecular flexibility index (Phi) is 5.62. The average Bonchev–Trinajstić information content (AvgIpc) is 2.65. The van der Waals surface area contributed by atoms with E-state index in [1.165, 1.54) is 24.3 Å². The molecule has 0 amide bonds. The number of rotatable bonds is 6. The zero-order valence-electron chi connectivity index (χ0n) is 14.7. The van der Waals surface area contributed by atoms with Gasteiger partial charge in [0.05, 0.1) is 6.61 Å². The number of alkyl halides is 3. The van der Waals surface area contributed by atoms with Crippen LogP contribution in [0.1, 0.15) is 12.5 Å². The summed E-state index contributed by atoms with van der Waals surface area (Å²) in [6, 6.07) is 11.7. The summed E-state index contributed by atoms with van der Waals surface area (Å²) in [7, 11) is 0. The Morgan fingerprint density at radius 1 is 0.929 bits per heavy atom. The molecule has 0 spiro atoms. The summed E-state index contributed by atoms with van der Waals surface area (Å²) < 4.78 is 58.3. The summed E-state index contributed by atoms with van der Waals surface area (Å²) in [4.78, 5) is 7.64. The van der Waals surface area contributed by atoms with Crippen molar-refractivity contribution in [2.24, 2.45) is 0 Å². The monoisotopic (exact) mass is 392 g/mol. The van der Waals surface area contributed by atoms with Crippen LogP contribution in [0, 0.1) is 5.82 Å². The van der Waals surface area contributed by atoms with Crippen molar-refractivity contribution >= 4 is 23.1 Å². The Balaban J connectivity index is 1.88. The van der Waals surface area contributed by atoms with Gasteiger partial charge in [-0.2, -0.15) is 18.2 Å². The van der Waals surface area contributed by atoms with Crippen LogP contribution < -0.4 is 15.4 Å². The highest BCUT2D eigenvalue weighted by Gasteiger charge is 2.35. The quantitative estimate of drug-likeness (QED) is 0.541. The minimum absolute atomic E-state index is 0.0620. The number of anilines is 4. The fraction of sp³-hybridized carbons (Fsp3) is 0.158. The van der Waals surface area contributed by atoms with Crippen molar-refractivity contribution in [3.05, 3.63) is 66.1 Å². The van der Waals surface area contributed by atoms with Gasteiger partial charge in [-0.25, -0.2) is 9.37 Å². The maximum Gasteiger partial charge on any atom is 0.421 e. The summed E-state index contributed by atoms with van der Waals surface area (Å²) in [5, 5.41) is 5.40. The maximum atomic E-state index is 13.3. The first-order valence-corrected chi connectivity index (χ1v) is 8.32. The van der Waals surface area contributed by atoms with Crippen LogP contribution in [0.3, 0.4) is 0 Å². The Labute approximate surface area is 158 Å². The minimum Gasteiger partial charge on any atom is -0.494 e. The number of nitrogens with one attached hydrogen (secondary N) is 2. The van der Waals surface area contributed by atoms with Gasteiger partial charge in [0, 0.05) is 17.6 Å². The maximum absolute atomic E-state index is 13.3. The van der Waals surface area contributed by atoms with Crippen molar-refractivity contribution in [1.29, 1.82) is 0 Å².